The van der Waals surface area contributed by atoms with E-state index in [1.807, 2.05) is 0 Å². The lowest BCUT2D eigenvalue weighted by Gasteiger charge is -2.03. The van der Waals surface area contributed by atoms with Crippen LogP contribution in [-0.4, -0.2) is 13.2 Å². The quantitative estimate of drug-likeness (QED) is 0.357. The topological polar surface area (TPSA) is 35.2 Å². The van der Waals surface area contributed by atoms with E-state index in [0.717, 1.165) is 19.4 Å². The van der Waals surface area contributed by atoms with Crippen molar-refractivity contribution in [3.63, 3.8) is 0 Å². The predicted octanol–water partition coefficient (Wildman–Crippen LogP) is 2.00. The normalized spacial score (nSPS) is 10.1. The molecule has 68 valence electrons. The van der Waals surface area contributed by atoms with E-state index in [4.69, 9.17) is 10.5 Å². The Hall–Kier alpha value is -1.02. The minimum Gasteiger partial charge on any atom is -0.494 e. The Morgan fingerprint density at radius 2 is 2.17 bits per heavy atom. The van der Waals surface area contributed by atoms with Crippen LogP contribution in [0.3, 0.4) is 0 Å². The van der Waals surface area contributed by atoms with Crippen molar-refractivity contribution in [1.29, 1.82) is 0 Å². The summed E-state index contributed by atoms with van der Waals surface area (Å²) in [5.74, 6) is 0.673. The third-order valence-corrected chi connectivity index (χ3v) is 1.30. The number of nitrogens with two attached hydrogens (primary N) is 1. The Balaban J connectivity index is 3.31. The van der Waals surface area contributed by atoms with Crippen LogP contribution in [0.25, 0.3) is 0 Å². The third-order valence-electron chi connectivity index (χ3n) is 1.30. The van der Waals surface area contributed by atoms with E-state index in [9.17, 15) is 0 Å². The highest BCUT2D eigenvalue weighted by Gasteiger charge is 1.88. The van der Waals surface area contributed by atoms with Gasteiger partial charge in [-0.05, 0) is 25.5 Å². The fourth-order valence-electron chi connectivity index (χ4n) is 0.673. The van der Waals surface area contributed by atoms with Gasteiger partial charge in [-0.1, -0.05) is 25.3 Å². The Labute approximate surface area is 74.4 Å². The Bertz CT molecular complexity index is 161. The maximum Gasteiger partial charge on any atom is 0.112 e. The summed E-state index contributed by atoms with van der Waals surface area (Å²) in [5.41, 5.74) is 5.32. The van der Waals surface area contributed by atoms with E-state index in [-0.39, 0.29) is 0 Å². The van der Waals surface area contributed by atoms with Gasteiger partial charge in [0.05, 0.1) is 6.61 Å². The van der Waals surface area contributed by atoms with E-state index in [0.29, 0.717) is 12.4 Å². The van der Waals surface area contributed by atoms with Gasteiger partial charge in [0.1, 0.15) is 5.76 Å². The molecule has 0 rings (SSSR count). The van der Waals surface area contributed by atoms with E-state index in [1.165, 1.54) is 0 Å². The first kappa shape index (κ1) is 11.0. The van der Waals surface area contributed by atoms with Crippen molar-refractivity contribution in [2.45, 2.75) is 12.8 Å². The second kappa shape index (κ2) is 8.08. The van der Waals surface area contributed by atoms with Gasteiger partial charge in [0, 0.05) is 0 Å². The number of rotatable bonds is 7. The molecule has 0 saturated heterocycles. The van der Waals surface area contributed by atoms with E-state index >= 15 is 0 Å². The molecule has 2 nitrogen and oxygen atoms in total. The molecule has 0 saturated carbocycles. The maximum atomic E-state index is 5.32. The predicted molar refractivity (Wildman–Crippen MR) is 52.7 cm³/mol. The zero-order chi connectivity index (χ0) is 9.23. The number of hydrogen-bond acceptors (Lipinski definition) is 2. The molecule has 0 amide bonds. The largest absolute Gasteiger partial charge is 0.494 e. The van der Waals surface area contributed by atoms with Crippen LogP contribution >= 0.6 is 0 Å². The van der Waals surface area contributed by atoms with Gasteiger partial charge in [0.15, 0.2) is 0 Å². The monoisotopic (exact) mass is 167 g/mol. The molecule has 0 aliphatic rings. The molecule has 0 radical (unpaired) electrons. The molecule has 0 bridgehead atoms. The summed E-state index contributed by atoms with van der Waals surface area (Å²) in [6.07, 6.45) is 7.25. The summed E-state index contributed by atoms with van der Waals surface area (Å²) in [6, 6.07) is 0. The second-order valence-corrected chi connectivity index (χ2v) is 2.41. The molecule has 0 atom stereocenters. The Morgan fingerprint density at radius 3 is 2.75 bits per heavy atom. The fourth-order valence-corrected chi connectivity index (χ4v) is 0.673. The summed E-state index contributed by atoms with van der Waals surface area (Å²) in [5, 5.41) is 0. The van der Waals surface area contributed by atoms with Gasteiger partial charge in [-0.15, -0.1) is 0 Å². The van der Waals surface area contributed by atoms with Crippen LogP contribution in [0.5, 0.6) is 0 Å². The second-order valence-electron chi connectivity index (χ2n) is 2.41. The lowest BCUT2D eigenvalue weighted by atomic mass is 10.3. The molecule has 0 aromatic heterocycles. The maximum absolute atomic E-state index is 5.32. The van der Waals surface area contributed by atoms with Crippen molar-refractivity contribution in [3.8, 4) is 0 Å². The molecule has 0 spiro atoms. The minimum absolute atomic E-state index is 0.673. The highest BCUT2D eigenvalue weighted by atomic mass is 16.5. The fraction of sp³-hybridized carbons (Fsp3) is 0.400. The van der Waals surface area contributed by atoms with Crippen LogP contribution in [0.2, 0.25) is 0 Å². The van der Waals surface area contributed by atoms with Crippen molar-refractivity contribution >= 4 is 0 Å². The molecule has 0 unspecified atom stereocenters. The molecular weight excluding hydrogens is 150 g/mol. The summed E-state index contributed by atoms with van der Waals surface area (Å²) < 4.78 is 5.26. The van der Waals surface area contributed by atoms with Gasteiger partial charge in [-0.3, -0.25) is 0 Å². The SMILES string of the molecule is C=C/C=C\C(=C)OCCCCN. The van der Waals surface area contributed by atoms with Gasteiger partial charge in [0.25, 0.3) is 0 Å². The van der Waals surface area contributed by atoms with Crippen molar-refractivity contribution in [1.82, 2.24) is 0 Å². The number of ether oxygens (including phenoxy) is 1. The molecular formula is C10H17NO. The van der Waals surface area contributed by atoms with Crippen LogP contribution in [-0.2, 0) is 4.74 Å². The molecule has 0 fully saturated rings. The van der Waals surface area contributed by atoms with Crippen LogP contribution in [0.15, 0.2) is 37.1 Å². The van der Waals surface area contributed by atoms with E-state index in [2.05, 4.69) is 13.2 Å². The van der Waals surface area contributed by atoms with E-state index in [1.54, 1.807) is 18.2 Å². The zero-order valence-corrected chi connectivity index (χ0v) is 7.46. The zero-order valence-electron chi connectivity index (χ0n) is 7.46. The van der Waals surface area contributed by atoms with Crippen LogP contribution in [0.4, 0.5) is 0 Å². The number of unbranched alkanes of at least 4 members (excludes halogenated alkanes) is 1. The summed E-state index contributed by atoms with van der Waals surface area (Å²) in [7, 11) is 0. The number of allylic oxidation sites excluding steroid dienone is 3. The lowest BCUT2D eigenvalue weighted by molar-refractivity contribution is 0.220. The average Bonchev–Trinajstić information content (AvgIpc) is 2.09. The summed E-state index contributed by atoms with van der Waals surface area (Å²) in [6.45, 7) is 8.66. The van der Waals surface area contributed by atoms with Crippen molar-refractivity contribution in [2.24, 2.45) is 5.73 Å². The van der Waals surface area contributed by atoms with Crippen molar-refractivity contribution in [3.05, 3.63) is 37.1 Å². The summed E-state index contributed by atoms with van der Waals surface area (Å²) in [4.78, 5) is 0. The molecule has 2 heteroatoms. The molecule has 12 heavy (non-hydrogen) atoms. The molecule has 0 aromatic rings. The minimum atomic E-state index is 0.673. The van der Waals surface area contributed by atoms with Gasteiger partial charge < -0.3 is 10.5 Å². The first-order valence-electron chi connectivity index (χ1n) is 4.12. The highest BCUT2D eigenvalue weighted by Crippen LogP contribution is 1.98. The molecule has 2 N–H and O–H groups in total. The number of hydrogen-bond donors (Lipinski definition) is 1. The molecule has 0 aromatic carbocycles. The molecule has 0 heterocycles. The smallest absolute Gasteiger partial charge is 0.112 e. The van der Waals surface area contributed by atoms with Gasteiger partial charge in [-0.25, -0.2) is 0 Å². The third kappa shape index (κ3) is 7.09. The van der Waals surface area contributed by atoms with Crippen LogP contribution in [0, 0.1) is 0 Å². The summed E-state index contributed by atoms with van der Waals surface area (Å²) >= 11 is 0. The van der Waals surface area contributed by atoms with Crippen LogP contribution < -0.4 is 5.73 Å². The standard InChI is InChI=1S/C10H17NO/c1-3-4-7-10(2)12-9-6-5-8-11/h3-4,7H,1-2,5-6,8-9,11H2/b7-4-. The molecule has 0 aliphatic carbocycles. The Morgan fingerprint density at radius 1 is 1.42 bits per heavy atom. The Kier molecular flexibility index (Phi) is 7.39. The molecule has 0 aliphatic heterocycles. The lowest BCUT2D eigenvalue weighted by Crippen LogP contribution is -2.01. The van der Waals surface area contributed by atoms with Crippen LogP contribution in [0.1, 0.15) is 12.8 Å². The average molecular weight is 167 g/mol. The van der Waals surface area contributed by atoms with Crippen molar-refractivity contribution in [2.75, 3.05) is 13.2 Å². The van der Waals surface area contributed by atoms with E-state index < -0.39 is 0 Å². The van der Waals surface area contributed by atoms with Gasteiger partial charge in [0.2, 0.25) is 0 Å². The first-order valence-corrected chi connectivity index (χ1v) is 4.12. The van der Waals surface area contributed by atoms with Gasteiger partial charge >= 0.3 is 0 Å². The first-order chi connectivity index (χ1) is 5.81. The van der Waals surface area contributed by atoms with Crippen molar-refractivity contribution < 1.29 is 4.74 Å². The highest BCUT2D eigenvalue weighted by molar-refractivity contribution is 5.12. The van der Waals surface area contributed by atoms with Gasteiger partial charge in [-0.2, -0.15) is 0 Å².